The third kappa shape index (κ3) is 2.49. The molecule has 0 atom stereocenters. The lowest BCUT2D eigenvalue weighted by atomic mass is 10.0. The van der Waals surface area contributed by atoms with Crippen LogP contribution in [0.3, 0.4) is 0 Å². The zero-order valence-electron chi connectivity index (χ0n) is 11.4. The Hall–Kier alpha value is -1.81. The van der Waals surface area contributed by atoms with Crippen LogP contribution in [0.5, 0.6) is 11.5 Å². The molecule has 100 valence electrons. The molecule has 0 aliphatic heterocycles. The van der Waals surface area contributed by atoms with Crippen LogP contribution >= 0.6 is 11.3 Å². The number of carbonyl (C=O) groups excluding carboxylic acids is 1. The number of hydrogen-bond acceptors (Lipinski definition) is 4. The van der Waals surface area contributed by atoms with Gasteiger partial charge in [0.15, 0.2) is 0 Å². The highest BCUT2D eigenvalue weighted by molar-refractivity contribution is 7.12. The molecule has 2 aromatic rings. The van der Waals surface area contributed by atoms with Crippen LogP contribution in [-0.4, -0.2) is 20.0 Å². The van der Waals surface area contributed by atoms with E-state index in [0.717, 1.165) is 11.1 Å². The third-order valence-electron chi connectivity index (χ3n) is 3.16. The summed E-state index contributed by atoms with van der Waals surface area (Å²) in [5.74, 6) is 1.32. The summed E-state index contributed by atoms with van der Waals surface area (Å²) in [6.45, 7) is 3.96. The van der Waals surface area contributed by atoms with Crippen LogP contribution in [0.4, 0.5) is 0 Å². The molecule has 0 spiro atoms. The average Bonchev–Trinajstić information content (AvgIpc) is 2.89. The minimum absolute atomic E-state index is 0.0340. The second kappa shape index (κ2) is 5.45. The normalized spacial score (nSPS) is 10.3. The number of thiophene rings is 1. The Morgan fingerprint density at radius 1 is 1.16 bits per heavy atom. The van der Waals surface area contributed by atoms with Crippen LogP contribution < -0.4 is 9.47 Å². The van der Waals surface area contributed by atoms with E-state index in [1.165, 1.54) is 11.3 Å². The molecule has 1 aromatic heterocycles. The van der Waals surface area contributed by atoms with Gasteiger partial charge in [-0.25, -0.2) is 0 Å². The Morgan fingerprint density at radius 3 is 2.47 bits per heavy atom. The van der Waals surface area contributed by atoms with Crippen molar-refractivity contribution in [2.75, 3.05) is 14.2 Å². The number of carbonyl (C=O) groups is 1. The standard InChI is InChI=1S/C15H16O3S/c1-9-5-6-12(15(18-4)10(9)2)14(16)13-7-11(17-3)8-19-13/h5-8H,1-4H3. The van der Waals surface area contributed by atoms with Crippen molar-refractivity contribution >= 4 is 17.1 Å². The van der Waals surface area contributed by atoms with E-state index in [0.29, 0.717) is 21.9 Å². The molecule has 19 heavy (non-hydrogen) atoms. The first-order valence-corrected chi connectivity index (χ1v) is 6.78. The van der Waals surface area contributed by atoms with Crippen LogP contribution in [0.15, 0.2) is 23.6 Å². The molecule has 3 nitrogen and oxygen atoms in total. The quantitative estimate of drug-likeness (QED) is 0.800. The fraction of sp³-hybridized carbons (Fsp3) is 0.267. The van der Waals surface area contributed by atoms with Crippen molar-refractivity contribution in [3.63, 3.8) is 0 Å². The number of benzene rings is 1. The van der Waals surface area contributed by atoms with E-state index in [4.69, 9.17) is 9.47 Å². The molecule has 0 aliphatic carbocycles. The summed E-state index contributed by atoms with van der Waals surface area (Å²) in [6, 6.07) is 5.51. The summed E-state index contributed by atoms with van der Waals surface area (Å²) < 4.78 is 10.5. The lowest BCUT2D eigenvalue weighted by Gasteiger charge is -2.12. The lowest BCUT2D eigenvalue weighted by molar-refractivity contribution is 0.103. The molecule has 1 aromatic carbocycles. The smallest absolute Gasteiger partial charge is 0.206 e. The maximum Gasteiger partial charge on any atom is 0.206 e. The number of methoxy groups -OCH3 is 2. The molecule has 0 bridgehead atoms. The molecular formula is C15H16O3S. The predicted molar refractivity (Wildman–Crippen MR) is 76.8 cm³/mol. The Morgan fingerprint density at radius 2 is 1.89 bits per heavy atom. The zero-order valence-corrected chi connectivity index (χ0v) is 12.3. The van der Waals surface area contributed by atoms with Crippen molar-refractivity contribution in [2.24, 2.45) is 0 Å². The molecule has 0 radical (unpaired) electrons. The topological polar surface area (TPSA) is 35.5 Å². The fourth-order valence-corrected chi connectivity index (χ4v) is 2.72. The molecule has 0 amide bonds. The Labute approximate surface area is 116 Å². The Bertz CT molecular complexity index is 614. The van der Waals surface area contributed by atoms with Crippen LogP contribution in [0.2, 0.25) is 0 Å². The second-order valence-corrected chi connectivity index (χ2v) is 5.18. The van der Waals surface area contributed by atoms with E-state index in [-0.39, 0.29) is 5.78 Å². The summed E-state index contributed by atoms with van der Waals surface area (Å²) in [7, 11) is 3.18. The van der Waals surface area contributed by atoms with Gasteiger partial charge in [0.1, 0.15) is 11.5 Å². The first kappa shape index (κ1) is 13.6. The number of ketones is 1. The SMILES string of the molecule is COc1csc(C(=O)c2ccc(C)c(C)c2OC)c1. The van der Waals surface area contributed by atoms with Gasteiger partial charge in [0.25, 0.3) is 0 Å². The van der Waals surface area contributed by atoms with Gasteiger partial charge in [-0.2, -0.15) is 0 Å². The number of ether oxygens (including phenoxy) is 2. The fourth-order valence-electron chi connectivity index (χ4n) is 1.91. The monoisotopic (exact) mass is 276 g/mol. The highest BCUT2D eigenvalue weighted by Crippen LogP contribution is 2.31. The molecule has 1 heterocycles. The Kier molecular flexibility index (Phi) is 3.90. The summed E-state index contributed by atoms with van der Waals surface area (Å²) in [4.78, 5) is 13.1. The summed E-state index contributed by atoms with van der Waals surface area (Å²) >= 11 is 1.38. The molecule has 0 unspecified atom stereocenters. The van der Waals surface area contributed by atoms with Gasteiger partial charge < -0.3 is 9.47 Å². The first-order valence-electron chi connectivity index (χ1n) is 5.90. The Balaban J connectivity index is 2.46. The third-order valence-corrected chi connectivity index (χ3v) is 4.07. The van der Waals surface area contributed by atoms with Crippen molar-refractivity contribution in [1.82, 2.24) is 0 Å². The molecule has 0 N–H and O–H groups in total. The summed E-state index contributed by atoms with van der Waals surface area (Å²) in [6.07, 6.45) is 0. The van der Waals surface area contributed by atoms with E-state index >= 15 is 0 Å². The highest BCUT2D eigenvalue weighted by atomic mass is 32.1. The minimum atomic E-state index is -0.0340. The second-order valence-electron chi connectivity index (χ2n) is 4.27. The van der Waals surface area contributed by atoms with Gasteiger partial charge in [-0.15, -0.1) is 11.3 Å². The van der Waals surface area contributed by atoms with Gasteiger partial charge in [-0.05, 0) is 31.0 Å². The van der Waals surface area contributed by atoms with Gasteiger partial charge in [0.05, 0.1) is 24.7 Å². The van der Waals surface area contributed by atoms with Crippen molar-refractivity contribution in [3.05, 3.63) is 45.1 Å². The molecule has 0 aliphatic rings. The zero-order chi connectivity index (χ0) is 14.0. The van der Waals surface area contributed by atoms with Crippen molar-refractivity contribution < 1.29 is 14.3 Å². The average molecular weight is 276 g/mol. The highest BCUT2D eigenvalue weighted by Gasteiger charge is 2.18. The van der Waals surface area contributed by atoms with Gasteiger partial charge in [-0.1, -0.05) is 6.07 Å². The van der Waals surface area contributed by atoms with Crippen LogP contribution in [0, 0.1) is 13.8 Å². The van der Waals surface area contributed by atoms with Crippen molar-refractivity contribution in [3.8, 4) is 11.5 Å². The maximum atomic E-state index is 12.5. The van der Waals surface area contributed by atoms with E-state index < -0.39 is 0 Å². The minimum Gasteiger partial charge on any atom is -0.496 e. The largest absolute Gasteiger partial charge is 0.496 e. The molecule has 2 rings (SSSR count). The van der Waals surface area contributed by atoms with E-state index in [1.807, 2.05) is 31.4 Å². The number of aryl methyl sites for hydroxylation is 1. The molecule has 0 saturated carbocycles. The van der Waals surface area contributed by atoms with Gasteiger partial charge in [-0.3, -0.25) is 4.79 Å². The molecule has 4 heteroatoms. The van der Waals surface area contributed by atoms with E-state index in [2.05, 4.69) is 0 Å². The predicted octanol–water partition coefficient (Wildman–Crippen LogP) is 3.61. The maximum absolute atomic E-state index is 12.5. The van der Waals surface area contributed by atoms with Gasteiger partial charge in [0.2, 0.25) is 5.78 Å². The van der Waals surface area contributed by atoms with Gasteiger partial charge >= 0.3 is 0 Å². The number of hydrogen-bond donors (Lipinski definition) is 0. The number of rotatable bonds is 4. The van der Waals surface area contributed by atoms with Crippen LogP contribution in [0.1, 0.15) is 26.4 Å². The van der Waals surface area contributed by atoms with E-state index in [9.17, 15) is 4.79 Å². The van der Waals surface area contributed by atoms with Gasteiger partial charge in [0, 0.05) is 11.4 Å². The molecule has 0 fully saturated rings. The molecule has 0 saturated heterocycles. The van der Waals surface area contributed by atoms with E-state index in [1.54, 1.807) is 20.3 Å². The lowest BCUT2D eigenvalue weighted by Crippen LogP contribution is -2.04. The van der Waals surface area contributed by atoms with Crippen LogP contribution in [-0.2, 0) is 0 Å². The van der Waals surface area contributed by atoms with Crippen molar-refractivity contribution in [2.45, 2.75) is 13.8 Å². The van der Waals surface area contributed by atoms with Crippen LogP contribution in [0.25, 0.3) is 0 Å². The van der Waals surface area contributed by atoms with Crippen molar-refractivity contribution in [1.29, 1.82) is 0 Å². The summed E-state index contributed by atoms with van der Waals surface area (Å²) in [5.41, 5.74) is 2.70. The molecular weight excluding hydrogens is 260 g/mol. The first-order chi connectivity index (χ1) is 9.08. The summed E-state index contributed by atoms with van der Waals surface area (Å²) in [5, 5.41) is 1.82.